The molecule has 3 aromatic carbocycles. The number of para-hydroxylation sites is 1. The molecular weight excluding hydrogens is 583 g/mol. The van der Waals surface area contributed by atoms with E-state index in [1.165, 1.54) is 28.0 Å². The Hall–Kier alpha value is -4.70. The molecular formula is C34H33FN2O6S. The van der Waals surface area contributed by atoms with E-state index < -0.39 is 12.0 Å². The van der Waals surface area contributed by atoms with Gasteiger partial charge in [-0.1, -0.05) is 47.7 Å². The molecule has 0 aliphatic carbocycles. The Bertz CT molecular complexity index is 1880. The normalized spacial score (nSPS) is 14.6. The Balaban J connectivity index is 1.57. The van der Waals surface area contributed by atoms with Gasteiger partial charge in [0.2, 0.25) is 0 Å². The molecule has 4 aromatic rings. The molecule has 0 saturated carbocycles. The SMILES string of the molecule is CCOC(=O)C1=C(C)N=c2s/c(=C\c3ccc(OCc4ccc(F)cc4)c(OCC)c3)c(=O)n2[C@@H]1c1ccccc1OCC. The zero-order chi connectivity index (χ0) is 31.2. The van der Waals surface area contributed by atoms with Crippen molar-refractivity contribution < 1.29 is 28.1 Å². The molecule has 1 aromatic heterocycles. The molecule has 0 spiro atoms. The van der Waals surface area contributed by atoms with E-state index in [2.05, 4.69) is 4.99 Å². The lowest BCUT2D eigenvalue weighted by molar-refractivity contribution is -0.139. The Morgan fingerprint density at radius 3 is 2.39 bits per heavy atom. The van der Waals surface area contributed by atoms with Gasteiger partial charge in [-0.2, -0.15) is 0 Å². The molecule has 8 nitrogen and oxygen atoms in total. The van der Waals surface area contributed by atoms with Crippen molar-refractivity contribution >= 4 is 23.4 Å². The number of carbonyl (C=O) groups is 1. The van der Waals surface area contributed by atoms with Gasteiger partial charge in [-0.3, -0.25) is 9.36 Å². The molecule has 1 aliphatic rings. The molecule has 0 bridgehead atoms. The molecule has 0 unspecified atom stereocenters. The van der Waals surface area contributed by atoms with Crippen molar-refractivity contribution in [3.63, 3.8) is 0 Å². The number of halogens is 1. The van der Waals surface area contributed by atoms with Gasteiger partial charge in [-0.15, -0.1) is 0 Å². The van der Waals surface area contributed by atoms with Crippen LogP contribution in [0.25, 0.3) is 6.08 Å². The number of hydrogen-bond acceptors (Lipinski definition) is 8. The standard InChI is InChI=1S/C34H33FN2O6S/c1-5-40-26-11-9-8-10-25(26)31-30(33(39)42-7-3)21(4)36-34-37(31)32(38)29(44-34)19-23-14-17-27(28(18-23)41-6-2)43-20-22-12-15-24(35)16-13-22/h8-19,31H,5-7,20H2,1-4H3/b29-19-/t31-/m1/s1. The van der Waals surface area contributed by atoms with Crippen LogP contribution in [0.2, 0.25) is 0 Å². The van der Waals surface area contributed by atoms with Gasteiger partial charge in [-0.25, -0.2) is 14.2 Å². The van der Waals surface area contributed by atoms with Gasteiger partial charge in [0, 0.05) is 5.56 Å². The molecule has 0 N–H and O–H groups in total. The van der Waals surface area contributed by atoms with Crippen molar-refractivity contribution in [3.8, 4) is 17.2 Å². The molecule has 0 radical (unpaired) electrons. The molecule has 44 heavy (non-hydrogen) atoms. The van der Waals surface area contributed by atoms with Crippen molar-refractivity contribution in [2.45, 2.75) is 40.3 Å². The second-order valence-corrected chi connectivity index (χ2v) is 10.8. The monoisotopic (exact) mass is 616 g/mol. The topological polar surface area (TPSA) is 88.4 Å². The summed E-state index contributed by atoms with van der Waals surface area (Å²) in [7, 11) is 0. The average molecular weight is 617 g/mol. The van der Waals surface area contributed by atoms with Crippen LogP contribution in [0, 0.1) is 5.82 Å². The molecule has 228 valence electrons. The summed E-state index contributed by atoms with van der Waals surface area (Å²) in [5, 5.41) is 0. The Kier molecular flexibility index (Phi) is 9.59. The van der Waals surface area contributed by atoms with Gasteiger partial charge >= 0.3 is 5.97 Å². The van der Waals surface area contributed by atoms with Crippen LogP contribution in [0.1, 0.15) is 50.4 Å². The molecule has 0 amide bonds. The lowest BCUT2D eigenvalue weighted by Gasteiger charge is -2.26. The number of thiazole rings is 1. The molecule has 10 heteroatoms. The van der Waals surface area contributed by atoms with E-state index in [-0.39, 0.29) is 24.6 Å². The van der Waals surface area contributed by atoms with E-state index >= 15 is 0 Å². The second-order valence-electron chi connectivity index (χ2n) is 9.83. The van der Waals surface area contributed by atoms with Crippen molar-refractivity contribution in [1.29, 1.82) is 0 Å². The number of esters is 1. The molecule has 5 rings (SSSR count). The van der Waals surface area contributed by atoms with Crippen LogP contribution in [0.5, 0.6) is 17.2 Å². The van der Waals surface area contributed by atoms with Crippen molar-refractivity contribution in [1.82, 2.24) is 4.57 Å². The van der Waals surface area contributed by atoms with Crippen LogP contribution in [-0.2, 0) is 16.1 Å². The Morgan fingerprint density at radius 1 is 0.932 bits per heavy atom. The first-order valence-electron chi connectivity index (χ1n) is 14.4. The second kappa shape index (κ2) is 13.7. The summed E-state index contributed by atoms with van der Waals surface area (Å²) in [5.41, 5.74) is 2.68. The van der Waals surface area contributed by atoms with E-state index in [1.54, 1.807) is 44.2 Å². The van der Waals surface area contributed by atoms with Crippen LogP contribution >= 0.6 is 11.3 Å². The van der Waals surface area contributed by atoms with Crippen LogP contribution in [0.4, 0.5) is 4.39 Å². The van der Waals surface area contributed by atoms with Gasteiger partial charge in [0.15, 0.2) is 16.3 Å². The van der Waals surface area contributed by atoms with Crippen molar-refractivity contribution in [3.05, 3.63) is 120 Å². The zero-order valence-electron chi connectivity index (χ0n) is 25.0. The summed E-state index contributed by atoms with van der Waals surface area (Å²) < 4.78 is 38.4. The fraction of sp³-hybridized carbons (Fsp3) is 0.265. The van der Waals surface area contributed by atoms with E-state index in [0.29, 0.717) is 56.6 Å². The molecule has 1 atom stereocenters. The van der Waals surface area contributed by atoms with E-state index in [1.807, 2.05) is 44.2 Å². The minimum absolute atomic E-state index is 0.186. The Morgan fingerprint density at radius 2 is 1.66 bits per heavy atom. The summed E-state index contributed by atoms with van der Waals surface area (Å²) in [6.07, 6.45) is 1.77. The molecule has 1 aliphatic heterocycles. The quantitative estimate of drug-likeness (QED) is 0.212. The minimum atomic E-state index is -0.781. The largest absolute Gasteiger partial charge is 0.494 e. The third-order valence-corrected chi connectivity index (χ3v) is 7.89. The highest BCUT2D eigenvalue weighted by Crippen LogP contribution is 2.36. The van der Waals surface area contributed by atoms with Crippen LogP contribution < -0.4 is 29.1 Å². The number of aromatic nitrogens is 1. The van der Waals surface area contributed by atoms with E-state index in [0.717, 1.165) is 11.1 Å². The molecule has 2 heterocycles. The molecule has 0 saturated heterocycles. The van der Waals surface area contributed by atoms with Gasteiger partial charge in [0.05, 0.1) is 35.6 Å². The van der Waals surface area contributed by atoms with Crippen LogP contribution in [-0.4, -0.2) is 30.4 Å². The number of fused-ring (bicyclic) bond motifs is 1. The summed E-state index contributed by atoms with van der Waals surface area (Å²) in [5.74, 6) is 0.771. The van der Waals surface area contributed by atoms with E-state index in [9.17, 15) is 14.0 Å². The predicted molar refractivity (Wildman–Crippen MR) is 166 cm³/mol. The number of rotatable bonds is 11. The van der Waals surface area contributed by atoms with Crippen LogP contribution in [0.3, 0.4) is 0 Å². The van der Waals surface area contributed by atoms with Gasteiger partial charge in [0.25, 0.3) is 5.56 Å². The lowest BCUT2D eigenvalue weighted by atomic mass is 9.95. The minimum Gasteiger partial charge on any atom is -0.494 e. The number of benzene rings is 3. The highest BCUT2D eigenvalue weighted by Gasteiger charge is 2.35. The third-order valence-electron chi connectivity index (χ3n) is 6.90. The smallest absolute Gasteiger partial charge is 0.338 e. The third kappa shape index (κ3) is 6.45. The van der Waals surface area contributed by atoms with Crippen molar-refractivity contribution in [2.75, 3.05) is 19.8 Å². The van der Waals surface area contributed by atoms with Gasteiger partial charge < -0.3 is 18.9 Å². The number of hydrogen-bond donors (Lipinski definition) is 0. The summed E-state index contributed by atoms with van der Waals surface area (Å²) in [6.45, 7) is 8.49. The summed E-state index contributed by atoms with van der Waals surface area (Å²) >= 11 is 1.24. The van der Waals surface area contributed by atoms with Gasteiger partial charge in [-0.05, 0) is 75.2 Å². The zero-order valence-corrected chi connectivity index (χ0v) is 25.8. The first-order chi connectivity index (χ1) is 21.3. The molecule has 0 fully saturated rings. The van der Waals surface area contributed by atoms with Crippen molar-refractivity contribution in [2.24, 2.45) is 4.99 Å². The maximum absolute atomic E-state index is 14.0. The fourth-order valence-electron chi connectivity index (χ4n) is 4.97. The highest BCUT2D eigenvalue weighted by atomic mass is 32.1. The number of allylic oxidation sites excluding steroid dienone is 1. The van der Waals surface area contributed by atoms with Gasteiger partial charge in [0.1, 0.15) is 24.2 Å². The number of carbonyl (C=O) groups excluding carboxylic acids is 1. The average Bonchev–Trinajstić information content (AvgIpc) is 3.31. The maximum atomic E-state index is 14.0. The maximum Gasteiger partial charge on any atom is 0.338 e. The highest BCUT2D eigenvalue weighted by molar-refractivity contribution is 7.07. The Labute approximate surface area is 258 Å². The summed E-state index contributed by atoms with van der Waals surface area (Å²) in [6, 6.07) is 18.1. The fourth-order valence-corrected chi connectivity index (χ4v) is 6.02. The van der Waals surface area contributed by atoms with E-state index in [4.69, 9.17) is 18.9 Å². The first-order valence-corrected chi connectivity index (χ1v) is 15.2. The van der Waals surface area contributed by atoms with Crippen LogP contribution in [0.15, 0.2) is 87.8 Å². The number of nitrogens with zero attached hydrogens (tertiary/aromatic N) is 2. The number of ether oxygens (including phenoxy) is 4. The predicted octanol–water partition coefficient (Wildman–Crippen LogP) is 5.31. The lowest BCUT2D eigenvalue weighted by Crippen LogP contribution is -2.40. The first kappa shape index (κ1) is 30.7. The summed E-state index contributed by atoms with van der Waals surface area (Å²) in [4.78, 5) is 32.4.